The molecule has 3 rings (SSSR count). The molecule has 2 saturated heterocycles. The van der Waals surface area contributed by atoms with E-state index < -0.39 is 11.7 Å². The minimum atomic E-state index is -4.40. The average Bonchev–Trinajstić information content (AvgIpc) is 2.62. The summed E-state index contributed by atoms with van der Waals surface area (Å²) in [6, 6.07) is 5.45. The fraction of sp³-hybridized carbons (Fsp3) is 0.556. The standard InChI is InChI=1S/C18H22F3N3O/c1-2-13-11-23-17(12-22-13)24-9-7-14(8-10-24)25-16-6-4-3-5-15(16)18(19,20)21/h1,3-6,13-14,17,22-23H,7-12H2. The summed E-state index contributed by atoms with van der Waals surface area (Å²) in [6.45, 7) is 3.03. The van der Waals surface area contributed by atoms with E-state index in [2.05, 4.69) is 21.5 Å². The van der Waals surface area contributed by atoms with Crippen LogP contribution in [0.1, 0.15) is 18.4 Å². The lowest BCUT2D eigenvalue weighted by atomic mass is 10.1. The Kier molecular flexibility index (Phi) is 5.52. The molecule has 2 atom stereocenters. The van der Waals surface area contributed by atoms with Crippen LogP contribution in [-0.2, 0) is 6.18 Å². The van der Waals surface area contributed by atoms with E-state index in [1.54, 1.807) is 6.07 Å². The Bertz CT molecular complexity index is 613. The molecule has 2 aliphatic heterocycles. The Hall–Kier alpha value is -1.75. The molecule has 4 nitrogen and oxygen atoms in total. The topological polar surface area (TPSA) is 36.5 Å². The third-order valence-corrected chi connectivity index (χ3v) is 4.72. The van der Waals surface area contributed by atoms with Crippen molar-refractivity contribution in [2.45, 2.75) is 37.3 Å². The number of piperidine rings is 1. The highest BCUT2D eigenvalue weighted by Crippen LogP contribution is 2.37. The molecule has 0 bridgehead atoms. The van der Waals surface area contributed by atoms with E-state index in [0.29, 0.717) is 12.8 Å². The molecule has 2 fully saturated rings. The van der Waals surface area contributed by atoms with E-state index >= 15 is 0 Å². The minimum absolute atomic E-state index is 0.0518. The summed E-state index contributed by atoms with van der Waals surface area (Å²) >= 11 is 0. The van der Waals surface area contributed by atoms with Gasteiger partial charge in [-0.05, 0) is 25.0 Å². The highest BCUT2D eigenvalue weighted by atomic mass is 19.4. The summed E-state index contributed by atoms with van der Waals surface area (Å²) in [6.07, 6.45) is 2.40. The Morgan fingerprint density at radius 2 is 1.84 bits per heavy atom. The molecule has 0 saturated carbocycles. The molecule has 1 aromatic rings. The van der Waals surface area contributed by atoms with E-state index in [0.717, 1.165) is 32.2 Å². The number of nitrogens with zero attached hydrogens (tertiary/aromatic N) is 1. The summed E-state index contributed by atoms with van der Waals surface area (Å²) < 4.78 is 44.8. The summed E-state index contributed by atoms with van der Waals surface area (Å²) in [7, 11) is 0. The molecule has 0 spiro atoms. The zero-order valence-electron chi connectivity index (χ0n) is 13.9. The summed E-state index contributed by atoms with van der Waals surface area (Å²) in [5, 5.41) is 6.71. The van der Waals surface area contributed by atoms with Gasteiger partial charge in [0.25, 0.3) is 0 Å². The Balaban J connectivity index is 1.53. The van der Waals surface area contributed by atoms with Gasteiger partial charge in [0.15, 0.2) is 0 Å². The number of para-hydroxylation sites is 1. The smallest absolute Gasteiger partial charge is 0.419 e. The van der Waals surface area contributed by atoms with Crippen molar-refractivity contribution in [2.24, 2.45) is 0 Å². The number of terminal acetylenes is 1. The maximum absolute atomic E-state index is 13.1. The van der Waals surface area contributed by atoms with Crippen LogP contribution in [-0.4, -0.2) is 49.4 Å². The summed E-state index contributed by atoms with van der Waals surface area (Å²) in [5.41, 5.74) is -0.712. The van der Waals surface area contributed by atoms with Crippen molar-refractivity contribution < 1.29 is 17.9 Å². The molecule has 0 radical (unpaired) electrons. The summed E-state index contributed by atoms with van der Waals surface area (Å²) in [4.78, 5) is 2.29. The molecule has 136 valence electrons. The number of likely N-dealkylation sites (tertiary alicyclic amines) is 1. The van der Waals surface area contributed by atoms with Crippen LogP contribution in [0.4, 0.5) is 13.2 Å². The van der Waals surface area contributed by atoms with Crippen LogP contribution in [0.15, 0.2) is 24.3 Å². The molecule has 0 amide bonds. The first kappa shape index (κ1) is 18.1. The van der Waals surface area contributed by atoms with E-state index in [1.165, 1.54) is 12.1 Å². The van der Waals surface area contributed by atoms with Crippen LogP contribution < -0.4 is 15.4 Å². The van der Waals surface area contributed by atoms with Gasteiger partial charge in [0.05, 0.1) is 17.8 Å². The quantitative estimate of drug-likeness (QED) is 0.816. The van der Waals surface area contributed by atoms with Gasteiger partial charge in [-0.1, -0.05) is 18.1 Å². The fourth-order valence-electron chi connectivity index (χ4n) is 3.32. The number of piperazine rings is 1. The SMILES string of the molecule is C#CC1CNC(N2CCC(Oc3ccccc3C(F)(F)F)CC2)CN1. The van der Waals surface area contributed by atoms with Crippen molar-refractivity contribution in [3.8, 4) is 18.1 Å². The second kappa shape index (κ2) is 7.65. The highest BCUT2D eigenvalue weighted by molar-refractivity contribution is 5.35. The third-order valence-electron chi connectivity index (χ3n) is 4.72. The molecule has 2 N–H and O–H groups in total. The monoisotopic (exact) mass is 353 g/mol. The largest absolute Gasteiger partial charge is 0.490 e. The Labute approximate surface area is 145 Å². The minimum Gasteiger partial charge on any atom is -0.490 e. The van der Waals surface area contributed by atoms with Crippen LogP contribution in [0.25, 0.3) is 0 Å². The third kappa shape index (κ3) is 4.46. The van der Waals surface area contributed by atoms with Crippen LogP contribution in [0.2, 0.25) is 0 Å². The number of halogens is 3. The number of hydrogen-bond acceptors (Lipinski definition) is 4. The second-order valence-electron chi connectivity index (χ2n) is 6.40. The van der Waals surface area contributed by atoms with Crippen molar-refractivity contribution in [1.82, 2.24) is 15.5 Å². The molecule has 0 aromatic heterocycles. The number of rotatable bonds is 3. The predicted molar refractivity (Wildman–Crippen MR) is 89.1 cm³/mol. The first-order valence-corrected chi connectivity index (χ1v) is 8.47. The van der Waals surface area contributed by atoms with Gasteiger partial charge in [0, 0.05) is 26.2 Å². The summed E-state index contributed by atoms with van der Waals surface area (Å²) in [5.74, 6) is 2.59. The van der Waals surface area contributed by atoms with Crippen LogP contribution in [0, 0.1) is 12.3 Å². The normalized spacial score (nSPS) is 26.2. The van der Waals surface area contributed by atoms with Crippen LogP contribution in [0.3, 0.4) is 0 Å². The van der Waals surface area contributed by atoms with Gasteiger partial charge >= 0.3 is 6.18 Å². The molecular weight excluding hydrogens is 331 g/mol. The van der Waals surface area contributed by atoms with Crippen LogP contribution in [0.5, 0.6) is 5.75 Å². The van der Waals surface area contributed by atoms with Gasteiger partial charge in [-0.25, -0.2) is 0 Å². The van der Waals surface area contributed by atoms with Crippen LogP contribution >= 0.6 is 0 Å². The lowest BCUT2D eigenvalue weighted by Crippen LogP contribution is -2.62. The molecular formula is C18H22F3N3O. The van der Waals surface area contributed by atoms with E-state index in [4.69, 9.17) is 11.2 Å². The van der Waals surface area contributed by atoms with Gasteiger partial charge in [0.2, 0.25) is 0 Å². The molecule has 2 heterocycles. The zero-order chi connectivity index (χ0) is 17.9. The zero-order valence-corrected chi connectivity index (χ0v) is 13.9. The predicted octanol–water partition coefficient (Wildman–Crippen LogP) is 2.07. The average molecular weight is 353 g/mol. The first-order chi connectivity index (χ1) is 12.0. The van der Waals surface area contributed by atoms with Gasteiger partial charge < -0.3 is 4.74 Å². The lowest BCUT2D eigenvalue weighted by Gasteiger charge is -2.41. The first-order valence-electron chi connectivity index (χ1n) is 8.47. The highest BCUT2D eigenvalue weighted by Gasteiger charge is 2.35. The van der Waals surface area contributed by atoms with Gasteiger partial charge in [-0.15, -0.1) is 6.42 Å². The second-order valence-corrected chi connectivity index (χ2v) is 6.40. The number of nitrogens with one attached hydrogen (secondary N) is 2. The Morgan fingerprint density at radius 1 is 1.12 bits per heavy atom. The maximum Gasteiger partial charge on any atom is 0.419 e. The molecule has 1 aromatic carbocycles. The van der Waals surface area contributed by atoms with Crippen molar-refractivity contribution in [2.75, 3.05) is 26.2 Å². The molecule has 2 unspecified atom stereocenters. The molecule has 7 heteroatoms. The van der Waals surface area contributed by atoms with Crippen molar-refractivity contribution in [3.63, 3.8) is 0 Å². The van der Waals surface area contributed by atoms with E-state index in [1.807, 2.05) is 0 Å². The molecule has 0 aliphatic carbocycles. The van der Waals surface area contributed by atoms with Gasteiger partial charge in [-0.2, -0.15) is 13.2 Å². The van der Waals surface area contributed by atoms with Crippen molar-refractivity contribution in [3.05, 3.63) is 29.8 Å². The van der Waals surface area contributed by atoms with E-state index in [-0.39, 0.29) is 24.1 Å². The van der Waals surface area contributed by atoms with Crippen molar-refractivity contribution >= 4 is 0 Å². The van der Waals surface area contributed by atoms with Gasteiger partial charge in [0.1, 0.15) is 11.9 Å². The molecule has 2 aliphatic rings. The Morgan fingerprint density at radius 3 is 2.44 bits per heavy atom. The van der Waals surface area contributed by atoms with E-state index in [9.17, 15) is 13.2 Å². The lowest BCUT2D eigenvalue weighted by molar-refractivity contribution is -0.139. The molecule has 25 heavy (non-hydrogen) atoms. The van der Waals surface area contributed by atoms with Crippen molar-refractivity contribution in [1.29, 1.82) is 0 Å². The number of alkyl halides is 3. The number of benzene rings is 1. The number of ether oxygens (including phenoxy) is 1. The maximum atomic E-state index is 13.1. The number of hydrogen-bond donors (Lipinski definition) is 2. The van der Waals surface area contributed by atoms with Gasteiger partial charge in [-0.3, -0.25) is 15.5 Å². The fourth-order valence-corrected chi connectivity index (χ4v) is 3.32.